The van der Waals surface area contributed by atoms with Crippen molar-refractivity contribution >= 4 is 5.97 Å². The molecule has 0 aromatic carbocycles. The van der Waals surface area contributed by atoms with Gasteiger partial charge in [-0.25, -0.2) is 0 Å². The average Bonchev–Trinajstić information content (AvgIpc) is 3.07. The van der Waals surface area contributed by atoms with Gasteiger partial charge in [0.2, 0.25) is 0 Å². The molecule has 1 saturated heterocycles. The number of aliphatic hydroxyl groups is 4. The van der Waals surface area contributed by atoms with Crippen molar-refractivity contribution in [3.63, 3.8) is 0 Å². The van der Waals surface area contributed by atoms with Gasteiger partial charge in [0.1, 0.15) is 30.5 Å². The van der Waals surface area contributed by atoms with E-state index < -0.39 is 43.4 Å². The molecule has 1 fully saturated rings. The lowest BCUT2D eigenvalue weighted by Gasteiger charge is -2.39. The SMILES string of the molecule is CCCCCCCCCCCCCCCCCCCCCCOCC(COC1OC(CO)C(O)C(O)C1O)OC(=O)CCCCCC. The van der Waals surface area contributed by atoms with E-state index in [-0.39, 0.29) is 19.2 Å². The predicted molar refractivity (Wildman–Crippen MR) is 187 cm³/mol. The molecule has 9 nitrogen and oxygen atoms in total. The maximum Gasteiger partial charge on any atom is 0.306 e. The molecule has 6 atom stereocenters. The molecule has 0 aromatic rings. The van der Waals surface area contributed by atoms with Gasteiger partial charge in [-0.3, -0.25) is 4.79 Å². The zero-order chi connectivity index (χ0) is 34.4. The van der Waals surface area contributed by atoms with E-state index in [0.29, 0.717) is 13.0 Å². The first-order valence-electron chi connectivity index (χ1n) is 19.6. The Morgan fingerprint density at radius 1 is 0.596 bits per heavy atom. The zero-order valence-electron chi connectivity index (χ0n) is 30.3. The van der Waals surface area contributed by atoms with Gasteiger partial charge >= 0.3 is 5.97 Å². The number of rotatable bonds is 33. The zero-order valence-corrected chi connectivity index (χ0v) is 30.3. The van der Waals surface area contributed by atoms with Crippen molar-refractivity contribution in [2.45, 2.75) is 211 Å². The van der Waals surface area contributed by atoms with Crippen molar-refractivity contribution in [3.8, 4) is 0 Å². The number of aliphatic hydroxyl groups excluding tert-OH is 4. The van der Waals surface area contributed by atoms with Crippen LogP contribution in [-0.4, -0.2) is 89.6 Å². The molecule has 6 unspecified atom stereocenters. The van der Waals surface area contributed by atoms with Gasteiger partial charge in [0.15, 0.2) is 6.29 Å². The Balaban J connectivity index is 2.12. The number of carbonyl (C=O) groups is 1. The Bertz CT molecular complexity index is 692. The van der Waals surface area contributed by atoms with E-state index in [9.17, 15) is 25.2 Å². The molecule has 0 radical (unpaired) electrons. The lowest BCUT2D eigenvalue weighted by Crippen LogP contribution is -2.59. The van der Waals surface area contributed by atoms with Crippen molar-refractivity contribution in [1.82, 2.24) is 0 Å². The molecule has 1 rings (SSSR count). The first-order chi connectivity index (χ1) is 22.9. The summed E-state index contributed by atoms with van der Waals surface area (Å²) in [7, 11) is 0. The van der Waals surface area contributed by atoms with Gasteiger partial charge in [-0.2, -0.15) is 0 Å². The summed E-state index contributed by atoms with van der Waals surface area (Å²) in [4.78, 5) is 12.4. The molecule has 9 heteroatoms. The van der Waals surface area contributed by atoms with Gasteiger partial charge in [-0.15, -0.1) is 0 Å². The van der Waals surface area contributed by atoms with Crippen LogP contribution in [-0.2, 0) is 23.7 Å². The summed E-state index contributed by atoms with van der Waals surface area (Å²) in [5.74, 6) is -0.328. The van der Waals surface area contributed by atoms with Gasteiger partial charge in [0.05, 0.1) is 19.8 Å². The quantitative estimate of drug-likeness (QED) is 0.0412. The Morgan fingerprint density at radius 3 is 1.51 bits per heavy atom. The fourth-order valence-electron chi connectivity index (χ4n) is 6.14. The minimum Gasteiger partial charge on any atom is -0.457 e. The molecule has 1 heterocycles. The van der Waals surface area contributed by atoms with E-state index in [2.05, 4.69) is 13.8 Å². The van der Waals surface area contributed by atoms with Gasteiger partial charge in [0, 0.05) is 13.0 Å². The highest BCUT2D eigenvalue weighted by molar-refractivity contribution is 5.69. The van der Waals surface area contributed by atoms with Crippen LogP contribution in [0.25, 0.3) is 0 Å². The molecule has 0 aromatic heterocycles. The van der Waals surface area contributed by atoms with Crippen molar-refractivity contribution in [3.05, 3.63) is 0 Å². The second-order valence-corrected chi connectivity index (χ2v) is 13.7. The average molecular weight is 675 g/mol. The lowest BCUT2D eigenvalue weighted by atomic mass is 9.99. The van der Waals surface area contributed by atoms with E-state index in [0.717, 1.165) is 38.5 Å². The van der Waals surface area contributed by atoms with Crippen LogP contribution in [0.3, 0.4) is 0 Å². The predicted octanol–water partition coefficient (Wildman–Crippen LogP) is 7.52. The van der Waals surface area contributed by atoms with Crippen LogP contribution in [0.5, 0.6) is 0 Å². The fourth-order valence-corrected chi connectivity index (χ4v) is 6.14. The van der Waals surface area contributed by atoms with E-state index in [1.807, 2.05) is 0 Å². The van der Waals surface area contributed by atoms with Crippen molar-refractivity contribution < 1.29 is 44.2 Å². The highest BCUT2D eigenvalue weighted by Crippen LogP contribution is 2.22. The fraction of sp³-hybridized carbons (Fsp3) is 0.974. The number of ether oxygens (including phenoxy) is 4. The number of hydrogen-bond donors (Lipinski definition) is 4. The number of carbonyl (C=O) groups excluding carboxylic acids is 1. The minimum absolute atomic E-state index is 0.108. The summed E-state index contributed by atoms with van der Waals surface area (Å²) in [5.41, 5.74) is 0. The van der Waals surface area contributed by atoms with E-state index >= 15 is 0 Å². The van der Waals surface area contributed by atoms with Crippen LogP contribution in [0.1, 0.15) is 174 Å². The molecule has 0 saturated carbocycles. The third kappa shape index (κ3) is 23.3. The molecule has 0 bridgehead atoms. The molecule has 0 amide bonds. The topological polar surface area (TPSA) is 135 Å². The highest BCUT2D eigenvalue weighted by Gasteiger charge is 2.44. The first kappa shape index (κ1) is 44.2. The summed E-state index contributed by atoms with van der Waals surface area (Å²) in [5, 5.41) is 39.7. The molecular weight excluding hydrogens is 600 g/mol. The summed E-state index contributed by atoms with van der Waals surface area (Å²) < 4.78 is 22.5. The van der Waals surface area contributed by atoms with Gasteiger partial charge in [-0.1, -0.05) is 155 Å². The van der Waals surface area contributed by atoms with Gasteiger partial charge in [0.25, 0.3) is 0 Å². The number of hydrogen-bond acceptors (Lipinski definition) is 9. The standard InChI is InChI=1S/C38H74O9/c1-3-5-7-9-10-11-12-13-14-15-16-17-18-19-20-21-22-23-24-26-28-44-30-32(46-34(40)27-25-8-6-4-2)31-45-38-37(43)36(42)35(41)33(29-39)47-38/h32-33,35-39,41-43H,3-31H2,1-2H3. The molecular formula is C38H74O9. The first-order valence-corrected chi connectivity index (χ1v) is 19.6. The Kier molecular flexibility index (Phi) is 29.3. The van der Waals surface area contributed by atoms with E-state index in [4.69, 9.17) is 18.9 Å². The number of esters is 1. The van der Waals surface area contributed by atoms with Crippen LogP contribution in [0, 0.1) is 0 Å². The lowest BCUT2D eigenvalue weighted by molar-refractivity contribution is -0.305. The van der Waals surface area contributed by atoms with Crippen LogP contribution in [0.2, 0.25) is 0 Å². The Labute approximate surface area is 287 Å². The Hall–Kier alpha value is -0.810. The van der Waals surface area contributed by atoms with Crippen LogP contribution < -0.4 is 0 Å². The molecule has 0 aliphatic carbocycles. The number of unbranched alkanes of at least 4 members (excludes halogenated alkanes) is 22. The van der Waals surface area contributed by atoms with Crippen molar-refractivity contribution in [1.29, 1.82) is 0 Å². The Morgan fingerprint density at radius 2 is 1.04 bits per heavy atom. The third-order valence-corrected chi connectivity index (χ3v) is 9.27. The maximum atomic E-state index is 12.4. The van der Waals surface area contributed by atoms with Gasteiger partial charge in [-0.05, 0) is 12.8 Å². The van der Waals surface area contributed by atoms with E-state index in [1.54, 1.807) is 0 Å². The third-order valence-electron chi connectivity index (χ3n) is 9.27. The van der Waals surface area contributed by atoms with Crippen LogP contribution in [0.15, 0.2) is 0 Å². The van der Waals surface area contributed by atoms with Gasteiger partial charge < -0.3 is 39.4 Å². The molecule has 4 N–H and O–H groups in total. The van der Waals surface area contributed by atoms with E-state index in [1.165, 1.54) is 116 Å². The molecule has 1 aliphatic rings. The normalized spacial score (nSPS) is 22.0. The molecule has 0 spiro atoms. The summed E-state index contributed by atoms with van der Waals surface area (Å²) in [6.45, 7) is 4.46. The molecule has 280 valence electrons. The summed E-state index contributed by atoms with van der Waals surface area (Å²) in [6.07, 6.45) is 23.4. The minimum atomic E-state index is -1.53. The molecule has 47 heavy (non-hydrogen) atoms. The molecule has 1 aliphatic heterocycles. The van der Waals surface area contributed by atoms with Crippen molar-refractivity contribution in [2.24, 2.45) is 0 Å². The summed E-state index contributed by atoms with van der Waals surface area (Å²) >= 11 is 0. The maximum absolute atomic E-state index is 12.4. The summed E-state index contributed by atoms with van der Waals surface area (Å²) in [6, 6.07) is 0. The largest absolute Gasteiger partial charge is 0.457 e. The van der Waals surface area contributed by atoms with Crippen LogP contribution in [0.4, 0.5) is 0 Å². The second-order valence-electron chi connectivity index (χ2n) is 13.7. The smallest absolute Gasteiger partial charge is 0.306 e. The highest BCUT2D eigenvalue weighted by atomic mass is 16.7. The van der Waals surface area contributed by atoms with Crippen LogP contribution >= 0.6 is 0 Å². The monoisotopic (exact) mass is 675 g/mol. The second kappa shape index (κ2) is 31.2. The van der Waals surface area contributed by atoms with Crippen molar-refractivity contribution in [2.75, 3.05) is 26.4 Å².